The number of hydrogen-bond acceptors (Lipinski definition) is 4. The zero-order chi connectivity index (χ0) is 18.7. The Morgan fingerprint density at radius 3 is 2.42 bits per heavy atom. The van der Waals surface area contributed by atoms with Crippen molar-refractivity contribution in [3.8, 4) is 0 Å². The number of carbonyl (C=O) groups excluding carboxylic acids is 1. The third-order valence-corrected chi connectivity index (χ3v) is 5.62. The minimum absolute atomic E-state index is 0.0520. The number of nitrogens with one attached hydrogen (secondary N) is 3. The summed E-state index contributed by atoms with van der Waals surface area (Å²) in [6.07, 6.45) is -3.98. The van der Waals surface area contributed by atoms with E-state index in [9.17, 15) is 18.0 Å². The van der Waals surface area contributed by atoms with Crippen LogP contribution in [0.3, 0.4) is 0 Å². The Morgan fingerprint density at radius 1 is 1.08 bits per heavy atom. The molecule has 26 heavy (non-hydrogen) atoms. The largest absolute Gasteiger partial charge is 0.405 e. The Hall–Kier alpha value is -1.86. The lowest BCUT2D eigenvalue weighted by atomic mass is 9.65. The molecule has 2 aliphatic heterocycles. The first kappa shape index (κ1) is 17.5. The lowest BCUT2D eigenvalue weighted by Gasteiger charge is -2.44. The number of allylic oxidation sites excluding steroid dienone is 2. The third kappa shape index (κ3) is 2.83. The highest BCUT2D eigenvalue weighted by Crippen LogP contribution is 2.50. The molecule has 4 nitrogen and oxygen atoms in total. The molecule has 0 spiro atoms. The van der Waals surface area contributed by atoms with E-state index in [4.69, 9.17) is 0 Å². The van der Waals surface area contributed by atoms with Gasteiger partial charge in [-0.2, -0.15) is 13.2 Å². The Morgan fingerprint density at radius 2 is 1.77 bits per heavy atom. The van der Waals surface area contributed by atoms with E-state index in [1.807, 2.05) is 44.2 Å². The van der Waals surface area contributed by atoms with Crippen LogP contribution in [0.1, 0.15) is 38.2 Å². The van der Waals surface area contributed by atoms with E-state index >= 15 is 0 Å². The molecule has 1 saturated heterocycles. The average Bonchev–Trinajstić information content (AvgIpc) is 2.96. The molecule has 3 aliphatic rings. The van der Waals surface area contributed by atoms with Crippen molar-refractivity contribution in [1.29, 1.82) is 0 Å². The van der Waals surface area contributed by atoms with Crippen LogP contribution in [0.15, 0.2) is 41.6 Å². The standard InChI is InChI=1S/C19H22F3N3O/c1-18(2)8-11-14(12(26)9-18)13(10-6-4-3-5-7-10)15-16(19(20,21)22)24-25-17(15)23-11/h3-7,13,15-17,23-25H,8-9H2,1-2H3. The highest BCUT2D eigenvalue weighted by Gasteiger charge is 2.58. The summed E-state index contributed by atoms with van der Waals surface area (Å²) in [6, 6.07) is 7.36. The Balaban J connectivity index is 1.86. The van der Waals surface area contributed by atoms with Crippen molar-refractivity contribution in [2.45, 2.75) is 51.0 Å². The van der Waals surface area contributed by atoms with Gasteiger partial charge in [-0.05, 0) is 17.4 Å². The number of ketones is 1. The van der Waals surface area contributed by atoms with Crippen LogP contribution >= 0.6 is 0 Å². The van der Waals surface area contributed by atoms with Crippen LogP contribution in [0.5, 0.6) is 0 Å². The molecule has 0 amide bonds. The fourth-order valence-electron chi connectivity index (χ4n) is 4.64. The number of alkyl halides is 3. The lowest BCUT2D eigenvalue weighted by Crippen LogP contribution is -2.53. The van der Waals surface area contributed by atoms with Gasteiger partial charge in [-0.25, -0.2) is 10.9 Å². The van der Waals surface area contributed by atoms with Crippen LogP contribution in [-0.4, -0.2) is 24.2 Å². The molecule has 7 heteroatoms. The van der Waals surface area contributed by atoms with E-state index in [1.165, 1.54) is 0 Å². The number of hydrazine groups is 1. The van der Waals surface area contributed by atoms with Crippen molar-refractivity contribution in [3.05, 3.63) is 47.2 Å². The van der Waals surface area contributed by atoms with Gasteiger partial charge in [-0.15, -0.1) is 0 Å². The smallest absolute Gasteiger partial charge is 0.371 e. The average molecular weight is 365 g/mol. The van der Waals surface area contributed by atoms with Gasteiger partial charge >= 0.3 is 6.18 Å². The van der Waals surface area contributed by atoms with Gasteiger partial charge in [0.1, 0.15) is 6.04 Å². The first-order valence-electron chi connectivity index (χ1n) is 8.83. The normalized spacial score (nSPS) is 33.5. The van der Waals surface area contributed by atoms with E-state index in [0.29, 0.717) is 18.4 Å². The topological polar surface area (TPSA) is 53.2 Å². The molecule has 0 bridgehead atoms. The summed E-state index contributed by atoms with van der Waals surface area (Å²) in [6.45, 7) is 4.03. The van der Waals surface area contributed by atoms with Crippen LogP contribution in [-0.2, 0) is 4.79 Å². The third-order valence-electron chi connectivity index (χ3n) is 5.62. The molecule has 4 atom stereocenters. The molecule has 0 aromatic heterocycles. The van der Waals surface area contributed by atoms with Gasteiger partial charge in [0, 0.05) is 29.5 Å². The molecular weight excluding hydrogens is 343 g/mol. The molecular formula is C19H22F3N3O. The SMILES string of the molecule is CC1(C)CC(=O)C2=C(C1)NC1NNC(C(F)(F)F)C1C2c1ccccc1. The summed E-state index contributed by atoms with van der Waals surface area (Å²) < 4.78 is 40.9. The van der Waals surface area contributed by atoms with Crippen LogP contribution in [0, 0.1) is 11.3 Å². The minimum atomic E-state index is -4.41. The first-order valence-corrected chi connectivity index (χ1v) is 8.83. The van der Waals surface area contributed by atoms with Crippen molar-refractivity contribution in [1.82, 2.24) is 16.2 Å². The second-order valence-corrected chi connectivity index (χ2v) is 8.23. The predicted molar refractivity (Wildman–Crippen MR) is 90.8 cm³/mol. The molecule has 0 saturated carbocycles. The number of carbonyl (C=O) groups is 1. The Labute approximate surface area is 150 Å². The van der Waals surface area contributed by atoms with Crippen LogP contribution in [0.4, 0.5) is 13.2 Å². The highest BCUT2D eigenvalue weighted by atomic mass is 19.4. The van der Waals surface area contributed by atoms with E-state index in [-0.39, 0.29) is 11.2 Å². The Bertz CT molecular complexity index is 757. The molecule has 140 valence electrons. The fraction of sp³-hybridized carbons (Fsp3) is 0.526. The van der Waals surface area contributed by atoms with Crippen molar-refractivity contribution in [3.63, 3.8) is 0 Å². The van der Waals surface area contributed by atoms with Crippen LogP contribution in [0.25, 0.3) is 0 Å². The van der Waals surface area contributed by atoms with E-state index in [2.05, 4.69) is 16.2 Å². The van der Waals surface area contributed by atoms with Crippen LogP contribution in [0.2, 0.25) is 0 Å². The Kier molecular flexibility index (Phi) is 3.93. The van der Waals surface area contributed by atoms with Gasteiger partial charge in [0.25, 0.3) is 0 Å². The summed E-state index contributed by atoms with van der Waals surface area (Å²) >= 11 is 0. The van der Waals surface area contributed by atoms with Gasteiger partial charge in [0.05, 0.1) is 6.17 Å². The second-order valence-electron chi connectivity index (χ2n) is 8.23. The van der Waals surface area contributed by atoms with Crippen molar-refractivity contribution in [2.75, 3.05) is 0 Å². The molecule has 2 heterocycles. The summed E-state index contributed by atoms with van der Waals surface area (Å²) in [4.78, 5) is 13.0. The summed E-state index contributed by atoms with van der Waals surface area (Å²) in [5.41, 5.74) is 7.02. The van der Waals surface area contributed by atoms with Gasteiger partial charge < -0.3 is 5.32 Å². The van der Waals surface area contributed by atoms with Crippen molar-refractivity contribution < 1.29 is 18.0 Å². The molecule has 4 rings (SSSR count). The number of halogens is 3. The van der Waals surface area contributed by atoms with E-state index in [1.54, 1.807) is 0 Å². The van der Waals surface area contributed by atoms with Gasteiger partial charge in [0.15, 0.2) is 5.78 Å². The molecule has 1 aromatic carbocycles. The molecule has 1 aliphatic carbocycles. The quantitative estimate of drug-likeness (QED) is 0.716. The van der Waals surface area contributed by atoms with Crippen molar-refractivity contribution >= 4 is 5.78 Å². The molecule has 3 N–H and O–H groups in total. The van der Waals surface area contributed by atoms with Gasteiger partial charge in [0.2, 0.25) is 0 Å². The monoisotopic (exact) mass is 365 g/mol. The molecule has 1 fully saturated rings. The maximum absolute atomic E-state index is 13.6. The summed E-state index contributed by atoms with van der Waals surface area (Å²) in [5, 5.41) is 3.19. The number of hydrogen-bond donors (Lipinski definition) is 3. The lowest BCUT2D eigenvalue weighted by molar-refractivity contribution is -0.164. The zero-order valence-corrected chi connectivity index (χ0v) is 14.7. The maximum atomic E-state index is 13.6. The maximum Gasteiger partial charge on any atom is 0.405 e. The zero-order valence-electron chi connectivity index (χ0n) is 14.7. The van der Waals surface area contributed by atoms with E-state index < -0.39 is 30.2 Å². The first-order chi connectivity index (χ1) is 12.2. The predicted octanol–water partition coefficient (Wildman–Crippen LogP) is 3.00. The van der Waals surface area contributed by atoms with Crippen LogP contribution < -0.4 is 16.2 Å². The molecule has 1 aromatic rings. The highest BCUT2D eigenvalue weighted by molar-refractivity contribution is 5.99. The number of fused-ring (bicyclic) bond motifs is 1. The van der Waals surface area contributed by atoms with Crippen molar-refractivity contribution in [2.24, 2.45) is 11.3 Å². The van der Waals surface area contributed by atoms with Gasteiger partial charge in [-0.1, -0.05) is 44.2 Å². The number of Topliss-reactive ketones (excluding diaryl/α,β-unsaturated/α-hetero) is 1. The van der Waals surface area contributed by atoms with E-state index in [0.717, 1.165) is 11.3 Å². The number of rotatable bonds is 1. The summed E-state index contributed by atoms with van der Waals surface area (Å²) in [7, 11) is 0. The minimum Gasteiger partial charge on any atom is -0.371 e. The second kappa shape index (κ2) is 5.82. The van der Waals surface area contributed by atoms with Gasteiger partial charge in [-0.3, -0.25) is 4.79 Å². The number of benzene rings is 1. The fourth-order valence-corrected chi connectivity index (χ4v) is 4.64. The molecule has 4 unspecified atom stereocenters. The summed E-state index contributed by atoms with van der Waals surface area (Å²) in [5.74, 6) is -1.47. The molecule has 0 radical (unpaired) electrons.